The smallest absolute Gasteiger partial charge is 0.0546 e. The van der Waals surface area contributed by atoms with E-state index in [1.807, 2.05) is 0 Å². The normalized spacial score (nSPS) is 11.3. The molecular formula is C52H36N2. The van der Waals surface area contributed by atoms with Crippen molar-refractivity contribution in [3.8, 4) is 22.3 Å². The van der Waals surface area contributed by atoms with Crippen LogP contribution in [0.2, 0.25) is 0 Å². The van der Waals surface area contributed by atoms with E-state index in [1.54, 1.807) is 0 Å². The summed E-state index contributed by atoms with van der Waals surface area (Å²) >= 11 is 0. The molecule has 0 aliphatic carbocycles. The first-order valence-corrected chi connectivity index (χ1v) is 18.5. The van der Waals surface area contributed by atoms with E-state index in [0.29, 0.717) is 0 Å². The van der Waals surface area contributed by atoms with Gasteiger partial charge in [0.15, 0.2) is 0 Å². The van der Waals surface area contributed by atoms with Crippen LogP contribution in [0.25, 0.3) is 54.6 Å². The van der Waals surface area contributed by atoms with Crippen LogP contribution < -0.4 is 9.80 Å². The molecule has 0 saturated heterocycles. The van der Waals surface area contributed by atoms with Crippen molar-refractivity contribution in [3.63, 3.8) is 0 Å². The predicted molar refractivity (Wildman–Crippen MR) is 230 cm³/mol. The molecular weight excluding hydrogens is 653 g/mol. The Labute approximate surface area is 315 Å². The molecule has 10 rings (SSSR count). The standard InChI is InChI=1S/C52H36N2/c1-7-19-37(20-8-1)47-35-49(53(39-23-11-3-12-24-39)40-25-13-4-14-26-40)45-34-32-44-48(38-21-9-2-10-22-38)36-50(46-33-31-43(47)51(45)52(44)46)54(41-27-15-5-16-28-41)42-29-17-6-18-30-42/h1-36H. The van der Waals surface area contributed by atoms with Gasteiger partial charge in [-0.05, 0) is 93.7 Å². The third-order valence-electron chi connectivity index (χ3n) is 10.6. The molecule has 0 N–H and O–H groups in total. The molecule has 0 amide bonds. The van der Waals surface area contributed by atoms with E-state index >= 15 is 0 Å². The van der Waals surface area contributed by atoms with E-state index in [4.69, 9.17) is 0 Å². The van der Waals surface area contributed by atoms with Crippen molar-refractivity contribution in [1.82, 2.24) is 0 Å². The Kier molecular flexibility index (Phi) is 7.85. The van der Waals surface area contributed by atoms with Gasteiger partial charge in [0.1, 0.15) is 0 Å². The summed E-state index contributed by atoms with van der Waals surface area (Å²) < 4.78 is 0. The third kappa shape index (κ3) is 5.36. The van der Waals surface area contributed by atoms with Gasteiger partial charge < -0.3 is 9.80 Å². The third-order valence-corrected chi connectivity index (χ3v) is 10.6. The highest BCUT2D eigenvalue weighted by atomic mass is 15.1. The minimum Gasteiger partial charge on any atom is -0.310 e. The van der Waals surface area contributed by atoms with Gasteiger partial charge in [0, 0.05) is 44.3 Å². The predicted octanol–water partition coefficient (Wildman–Crippen LogP) is 14.9. The van der Waals surface area contributed by atoms with Gasteiger partial charge >= 0.3 is 0 Å². The fraction of sp³-hybridized carbons (Fsp3) is 0. The molecule has 10 aromatic rings. The van der Waals surface area contributed by atoms with Crippen molar-refractivity contribution in [1.29, 1.82) is 0 Å². The highest BCUT2D eigenvalue weighted by Gasteiger charge is 2.25. The number of rotatable bonds is 8. The highest BCUT2D eigenvalue weighted by molar-refractivity contribution is 6.32. The minimum atomic E-state index is 1.11. The summed E-state index contributed by atoms with van der Waals surface area (Å²) in [7, 11) is 0. The molecule has 0 saturated carbocycles. The van der Waals surface area contributed by atoms with Crippen LogP contribution in [0, 0.1) is 0 Å². The molecule has 54 heavy (non-hydrogen) atoms. The van der Waals surface area contributed by atoms with Gasteiger partial charge in [0.05, 0.1) is 11.4 Å². The molecule has 10 aromatic carbocycles. The lowest BCUT2D eigenvalue weighted by Gasteiger charge is -2.31. The molecule has 0 aliphatic heterocycles. The van der Waals surface area contributed by atoms with Crippen LogP contribution in [-0.4, -0.2) is 0 Å². The van der Waals surface area contributed by atoms with Gasteiger partial charge in [-0.1, -0.05) is 158 Å². The Morgan fingerprint density at radius 1 is 0.241 bits per heavy atom. The molecule has 0 spiro atoms. The largest absolute Gasteiger partial charge is 0.310 e. The Hall–Kier alpha value is -7.16. The summed E-state index contributed by atoms with van der Waals surface area (Å²) in [5.41, 5.74) is 11.5. The van der Waals surface area contributed by atoms with Crippen molar-refractivity contribution in [2.24, 2.45) is 0 Å². The van der Waals surface area contributed by atoms with Crippen LogP contribution in [0.5, 0.6) is 0 Å². The fourth-order valence-corrected chi connectivity index (χ4v) is 8.20. The Morgan fingerprint density at radius 3 is 0.796 bits per heavy atom. The number of benzene rings is 10. The van der Waals surface area contributed by atoms with Gasteiger partial charge in [-0.15, -0.1) is 0 Å². The van der Waals surface area contributed by atoms with E-state index in [9.17, 15) is 0 Å². The average molecular weight is 689 g/mol. The molecule has 0 atom stereocenters. The summed E-state index contributed by atoms with van der Waals surface area (Å²) in [6.45, 7) is 0. The van der Waals surface area contributed by atoms with E-state index in [1.165, 1.54) is 54.6 Å². The number of para-hydroxylation sites is 4. The quantitative estimate of drug-likeness (QED) is 0.147. The van der Waals surface area contributed by atoms with Crippen molar-refractivity contribution in [3.05, 3.63) is 218 Å². The molecule has 0 aliphatic rings. The molecule has 2 nitrogen and oxygen atoms in total. The van der Waals surface area contributed by atoms with Crippen LogP contribution >= 0.6 is 0 Å². The first-order chi connectivity index (χ1) is 26.8. The lowest BCUT2D eigenvalue weighted by atomic mass is 9.85. The van der Waals surface area contributed by atoms with Gasteiger partial charge in [0.25, 0.3) is 0 Å². The van der Waals surface area contributed by atoms with Crippen molar-refractivity contribution in [2.75, 3.05) is 9.80 Å². The number of nitrogens with zero attached hydrogens (tertiary/aromatic N) is 2. The summed E-state index contributed by atoms with van der Waals surface area (Å²) in [5.74, 6) is 0. The zero-order valence-electron chi connectivity index (χ0n) is 29.7. The van der Waals surface area contributed by atoms with Crippen molar-refractivity contribution >= 4 is 66.4 Å². The second-order valence-corrected chi connectivity index (χ2v) is 13.7. The van der Waals surface area contributed by atoms with E-state index in [-0.39, 0.29) is 0 Å². The highest BCUT2D eigenvalue weighted by Crippen LogP contribution is 2.51. The Bertz CT molecular complexity index is 2560. The second-order valence-electron chi connectivity index (χ2n) is 13.7. The SMILES string of the molecule is c1ccc(-c2cc(N(c3ccccc3)c3ccccc3)c3ccc4c(-c5ccccc5)cc(N(c5ccccc5)c5ccccc5)c5ccc2c3c45)cc1. The van der Waals surface area contributed by atoms with E-state index in [0.717, 1.165) is 34.1 Å². The average Bonchev–Trinajstić information content (AvgIpc) is 3.25. The lowest BCUT2D eigenvalue weighted by Crippen LogP contribution is -2.12. The Balaban J connectivity index is 1.39. The molecule has 254 valence electrons. The zero-order valence-corrected chi connectivity index (χ0v) is 29.7. The number of anilines is 6. The molecule has 0 aromatic heterocycles. The molecule has 0 bridgehead atoms. The van der Waals surface area contributed by atoms with Gasteiger partial charge in [-0.2, -0.15) is 0 Å². The topological polar surface area (TPSA) is 6.48 Å². The van der Waals surface area contributed by atoms with Crippen LogP contribution in [-0.2, 0) is 0 Å². The van der Waals surface area contributed by atoms with Crippen molar-refractivity contribution < 1.29 is 0 Å². The second kappa shape index (κ2) is 13.4. The molecule has 0 fully saturated rings. The van der Waals surface area contributed by atoms with E-state index in [2.05, 4.69) is 228 Å². The summed E-state index contributed by atoms with van der Waals surface area (Å²) in [5, 5.41) is 7.41. The first kappa shape index (κ1) is 31.6. The summed E-state index contributed by atoms with van der Waals surface area (Å²) in [6.07, 6.45) is 0. The lowest BCUT2D eigenvalue weighted by molar-refractivity contribution is 1.30. The minimum absolute atomic E-state index is 1.11. The Morgan fingerprint density at radius 2 is 0.500 bits per heavy atom. The monoisotopic (exact) mass is 688 g/mol. The van der Waals surface area contributed by atoms with Crippen molar-refractivity contribution in [2.45, 2.75) is 0 Å². The summed E-state index contributed by atoms with van der Waals surface area (Å²) in [4.78, 5) is 4.83. The molecule has 0 heterocycles. The maximum absolute atomic E-state index is 2.41. The molecule has 0 radical (unpaired) electrons. The molecule has 2 heteroatoms. The maximum atomic E-state index is 2.41. The van der Waals surface area contributed by atoms with Gasteiger partial charge in [-0.3, -0.25) is 0 Å². The maximum Gasteiger partial charge on any atom is 0.0546 e. The first-order valence-electron chi connectivity index (χ1n) is 18.5. The number of hydrogen-bond donors (Lipinski definition) is 0. The number of hydrogen-bond acceptors (Lipinski definition) is 2. The van der Waals surface area contributed by atoms with Crippen LogP contribution in [0.4, 0.5) is 34.1 Å². The van der Waals surface area contributed by atoms with E-state index < -0.39 is 0 Å². The van der Waals surface area contributed by atoms with Crippen LogP contribution in [0.1, 0.15) is 0 Å². The van der Waals surface area contributed by atoms with Crippen LogP contribution in [0.3, 0.4) is 0 Å². The molecule has 0 unspecified atom stereocenters. The fourth-order valence-electron chi connectivity index (χ4n) is 8.20. The van der Waals surface area contributed by atoms with Crippen LogP contribution in [0.15, 0.2) is 218 Å². The zero-order chi connectivity index (χ0) is 35.8. The summed E-state index contributed by atoms with van der Waals surface area (Å²) in [6, 6.07) is 78.9. The van der Waals surface area contributed by atoms with Gasteiger partial charge in [0.2, 0.25) is 0 Å². The van der Waals surface area contributed by atoms with Gasteiger partial charge in [-0.25, -0.2) is 0 Å².